The molecule has 0 aliphatic heterocycles. The van der Waals surface area contributed by atoms with Gasteiger partial charge in [0.1, 0.15) is 5.78 Å². The summed E-state index contributed by atoms with van der Waals surface area (Å²) >= 11 is 0. The molecule has 1 fully saturated rings. The lowest BCUT2D eigenvalue weighted by Crippen LogP contribution is -2.31. The van der Waals surface area contributed by atoms with Crippen LogP contribution in [-0.4, -0.2) is 5.78 Å². The van der Waals surface area contributed by atoms with Gasteiger partial charge in [0.15, 0.2) is 0 Å². The second kappa shape index (κ2) is 4.59. The average Bonchev–Trinajstić information content (AvgIpc) is 2.12. The molecule has 0 saturated heterocycles. The lowest BCUT2D eigenvalue weighted by Gasteiger charge is -2.33. The largest absolute Gasteiger partial charge is 0.299 e. The number of ketones is 1. The van der Waals surface area contributed by atoms with E-state index in [1.54, 1.807) is 0 Å². The molecule has 0 amide bonds. The van der Waals surface area contributed by atoms with Crippen LogP contribution in [0.25, 0.3) is 0 Å². The summed E-state index contributed by atoms with van der Waals surface area (Å²) in [6.07, 6.45) is 4.68. The number of hydrogen-bond donors (Lipinski definition) is 0. The summed E-state index contributed by atoms with van der Waals surface area (Å²) in [5.74, 6) is 1.50. The normalized spacial score (nSPS) is 32.7. The predicted octanol–water partition coefficient (Wildman–Crippen LogP) is 3.37. The molecule has 2 unspecified atom stereocenters. The fourth-order valence-electron chi connectivity index (χ4n) is 2.23. The lowest BCUT2D eigenvalue weighted by atomic mass is 9.71. The molecule has 1 nitrogen and oxygen atoms in total. The number of carbonyl (C=O) groups excluding carboxylic acids is 1. The molecule has 1 saturated carbocycles. The number of Topliss-reactive ketones (excluding diaryl/α,β-unsaturated/α-hetero) is 1. The Labute approximate surface area is 86.9 Å². The molecule has 0 heterocycles. The highest BCUT2D eigenvalue weighted by Gasteiger charge is 2.32. The van der Waals surface area contributed by atoms with E-state index in [-0.39, 0.29) is 5.92 Å². The molecule has 0 aromatic carbocycles. The Morgan fingerprint density at radius 1 is 1.64 bits per heavy atom. The summed E-state index contributed by atoms with van der Waals surface area (Å²) in [7, 11) is 0. The van der Waals surface area contributed by atoms with Gasteiger partial charge in [0.2, 0.25) is 0 Å². The maximum atomic E-state index is 11.7. The monoisotopic (exact) mass is 192 g/mol. The summed E-state index contributed by atoms with van der Waals surface area (Å²) in [6.45, 7) is 11.8. The topological polar surface area (TPSA) is 17.1 Å². The van der Waals surface area contributed by atoms with Gasteiger partial charge in [-0.1, -0.05) is 25.2 Å². The van der Waals surface area contributed by atoms with E-state index in [0.29, 0.717) is 24.0 Å². The Morgan fingerprint density at radius 2 is 2.29 bits per heavy atom. The minimum absolute atomic E-state index is 0.212. The van der Waals surface area contributed by atoms with E-state index in [4.69, 9.17) is 0 Å². The third kappa shape index (κ3) is 2.34. The van der Waals surface area contributed by atoms with Gasteiger partial charge in [-0.05, 0) is 31.6 Å². The molecule has 1 heteroatoms. The highest BCUT2D eigenvalue weighted by atomic mass is 16.1. The molecule has 0 radical (unpaired) electrons. The molecule has 14 heavy (non-hydrogen) atoms. The quantitative estimate of drug-likeness (QED) is 0.626. The molecular weight excluding hydrogens is 172 g/mol. The Hall–Kier alpha value is -0.850. The Balaban J connectivity index is 2.70. The van der Waals surface area contributed by atoms with Crippen LogP contribution >= 0.6 is 0 Å². The molecule has 1 aliphatic rings. The highest BCUT2D eigenvalue weighted by molar-refractivity contribution is 5.82. The van der Waals surface area contributed by atoms with Gasteiger partial charge >= 0.3 is 0 Å². The first-order valence-corrected chi connectivity index (χ1v) is 5.35. The fraction of sp³-hybridized carbons (Fsp3) is 0.615. The van der Waals surface area contributed by atoms with Gasteiger partial charge in [0, 0.05) is 12.3 Å². The fourth-order valence-corrected chi connectivity index (χ4v) is 2.23. The van der Waals surface area contributed by atoms with Crippen LogP contribution < -0.4 is 0 Å². The summed E-state index contributed by atoms with van der Waals surface area (Å²) in [5, 5.41) is 0. The smallest absolute Gasteiger partial charge is 0.136 e. The van der Waals surface area contributed by atoms with Crippen LogP contribution in [0.4, 0.5) is 0 Å². The number of carbonyl (C=O) groups is 1. The molecule has 0 aromatic heterocycles. The van der Waals surface area contributed by atoms with Crippen molar-refractivity contribution < 1.29 is 4.79 Å². The Bertz CT molecular complexity index is 252. The minimum Gasteiger partial charge on any atom is -0.299 e. The first-order valence-electron chi connectivity index (χ1n) is 5.35. The molecular formula is C13H20O. The van der Waals surface area contributed by atoms with Crippen molar-refractivity contribution in [2.24, 2.45) is 17.8 Å². The highest BCUT2D eigenvalue weighted by Crippen LogP contribution is 2.36. The lowest BCUT2D eigenvalue weighted by molar-refractivity contribution is -0.127. The molecule has 0 spiro atoms. The van der Waals surface area contributed by atoms with E-state index in [1.807, 2.05) is 19.9 Å². The van der Waals surface area contributed by atoms with Crippen molar-refractivity contribution in [2.45, 2.75) is 33.1 Å². The van der Waals surface area contributed by atoms with Crippen molar-refractivity contribution in [2.75, 3.05) is 0 Å². The van der Waals surface area contributed by atoms with Crippen molar-refractivity contribution >= 4 is 5.78 Å². The van der Waals surface area contributed by atoms with E-state index in [1.165, 1.54) is 0 Å². The molecule has 0 bridgehead atoms. The molecule has 1 rings (SSSR count). The second-order valence-corrected chi connectivity index (χ2v) is 4.52. The van der Waals surface area contributed by atoms with Gasteiger partial charge in [-0.25, -0.2) is 0 Å². The van der Waals surface area contributed by atoms with Crippen LogP contribution in [0.15, 0.2) is 24.8 Å². The van der Waals surface area contributed by atoms with Gasteiger partial charge in [-0.2, -0.15) is 0 Å². The van der Waals surface area contributed by atoms with Crippen LogP contribution in [0.2, 0.25) is 0 Å². The summed E-state index contributed by atoms with van der Waals surface area (Å²) < 4.78 is 0. The summed E-state index contributed by atoms with van der Waals surface area (Å²) in [4.78, 5) is 11.7. The zero-order chi connectivity index (χ0) is 10.7. The van der Waals surface area contributed by atoms with Gasteiger partial charge in [0.25, 0.3) is 0 Å². The molecule has 0 aromatic rings. The average molecular weight is 192 g/mol. The van der Waals surface area contributed by atoms with Crippen LogP contribution in [0, 0.1) is 17.8 Å². The summed E-state index contributed by atoms with van der Waals surface area (Å²) in [5.41, 5.74) is 1.15. The van der Waals surface area contributed by atoms with Gasteiger partial charge in [-0.3, -0.25) is 4.79 Å². The second-order valence-electron chi connectivity index (χ2n) is 4.52. The van der Waals surface area contributed by atoms with Gasteiger partial charge in [0.05, 0.1) is 0 Å². The van der Waals surface area contributed by atoms with Crippen molar-refractivity contribution in [1.82, 2.24) is 0 Å². The molecule has 78 valence electrons. The van der Waals surface area contributed by atoms with E-state index in [0.717, 1.165) is 18.4 Å². The van der Waals surface area contributed by atoms with Crippen LogP contribution in [0.1, 0.15) is 33.1 Å². The minimum atomic E-state index is 0.212. The van der Waals surface area contributed by atoms with E-state index in [9.17, 15) is 4.79 Å². The number of rotatable bonds is 3. The number of hydrogen-bond acceptors (Lipinski definition) is 1. The van der Waals surface area contributed by atoms with E-state index >= 15 is 0 Å². The molecule has 1 aliphatic carbocycles. The zero-order valence-electron chi connectivity index (χ0n) is 9.25. The third-order valence-corrected chi connectivity index (χ3v) is 3.42. The maximum absolute atomic E-state index is 11.7. The molecule has 3 atom stereocenters. The number of allylic oxidation sites excluding steroid dienone is 2. The van der Waals surface area contributed by atoms with Crippen molar-refractivity contribution in [3.05, 3.63) is 24.8 Å². The standard InChI is InChI=1S/C13H20O/c1-5-6-11-7-12(9(2)3)8-13(14)10(11)4/h5,10-12H,1-2,6-8H2,3-4H3/t10?,11?,12-/m0/s1. The van der Waals surface area contributed by atoms with Gasteiger partial charge < -0.3 is 0 Å². The maximum Gasteiger partial charge on any atom is 0.136 e. The Morgan fingerprint density at radius 3 is 2.79 bits per heavy atom. The first kappa shape index (κ1) is 11.2. The van der Waals surface area contributed by atoms with Gasteiger partial charge in [-0.15, -0.1) is 6.58 Å². The predicted molar refractivity (Wildman–Crippen MR) is 60.0 cm³/mol. The van der Waals surface area contributed by atoms with Crippen LogP contribution in [0.5, 0.6) is 0 Å². The third-order valence-electron chi connectivity index (χ3n) is 3.42. The first-order chi connectivity index (χ1) is 6.56. The Kier molecular flexibility index (Phi) is 3.68. The van der Waals surface area contributed by atoms with E-state index in [2.05, 4.69) is 13.2 Å². The van der Waals surface area contributed by atoms with E-state index < -0.39 is 0 Å². The van der Waals surface area contributed by atoms with Crippen molar-refractivity contribution in [3.8, 4) is 0 Å². The van der Waals surface area contributed by atoms with Crippen molar-refractivity contribution in [3.63, 3.8) is 0 Å². The zero-order valence-corrected chi connectivity index (χ0v) is 9.25. The van der Waals surface area contributed by atoms with Crippen LogP contribution in [0.3, 0.4) is 0 Å². The summed E-state index contributed by atoms with van der Waals surface area (Å²) in [6, 6.07) is 0. The van der Waals surface area contributed by atoms with Crippen molar-refractivity contribution in [1.29, 1.82) is 0 Å². The SMILES string of the molecule is C=CCC1C[C@H](C(=C)C)CC(=O)C1C. The molecule has 0 N–H and O–H groups in total. The van der Waals surface area contributed by atoms with Crippen LogP contribution in [-0.2, 0) is 4.79 Å².